The molecule has 0 radical (unpaired) electrons. The van der Waals surface area contributed by atoms with Gasteiger partial charge in [0.15, 0.2) is 6.61 Å². The van der Waals surface area contributed by atoms with E-state index < -0.39 is 5.97 Å². The highest BCUT2D eigenvalue weighted by atomic mass is 35.5. The van der Waals surface area contributed by atoms with Gasteiger partial charge in [0.05, 0.1) is 23.5 Å². The second-order valence-corrected chi connectivity index (χ2v) is 8.27. The van der Waals surface area contributed by atoms with E-state index in [0.29, 0.717) is 17.5 Å². The molecular formula is C20H21ClN2O4S. The molecule has 0 saturated heterocycles. The number of hydrogen-bond acceptors (Lipinski definition) is 6. The van der Waals surface area contributed by atoms with Crippen LogP contribution < -0.4 is 15.4 Å². The first kappa shape index (κ1) is 20.4. The van der Waals surface area contributed by atoms with E-state index in [1.54, 1.807) is 16.7 Å². The minimum atomic E-state index is -0.696. The van der Waals surface area contributed by atoms with E-state index in [1.807, 2.05) is 24.3 Å². The minimum Gasteiger partial charge on any atom is -0.496 e. The number of carbonyl (C=O) groups is 2. The third-order valence-corrected chi connectivity index (χ3v) is 5.97. The van der Waals surface area contributed by atoms with Crippen molar-refractivity contribution < 1.29 is 19.1 Å². The fourth-order valence-electron chi connectivity index (χ4n) is 2.93. The van der Waals surface area contributed by atoms with Crippen LogP contribution in [0, 0.1) is 0 Å². The van der Waals surface area contributed by atoms with Crippen LogP contribution >= 0.6 is 23.4 Å². The highest BCUT2D eigenvalue weighted by Gasteiger charge is 2.25. The number of thioether (sulfide) groups is 1. The molecule has 8 heteroatoms. The molecule has 3 rings (SSSR count). The molecule has 1 aliphatic heterocycles. The second kappa shape index (κ2) is 8.75. The lowest BCUT2D eigenvalue weighted by Gasteiger charge is -2.22. The molecule has 0 spiro atoms. The van der Waals surface area contributed by atoms with Crippen molar-refractivity contribution in [2.24, 2.45) is 0 Å². The van der Waals surface area contributed by atoms with Gasteiger partial charge in [0.2, 0.25) is 0 Å². The average Bonchev–Trinajstić information content (AvgIpc) is 2.85. The highest BCUT2D eigenvalue weighted by molar-refractivity contribution is 8.00. The Morgan fingerprint density at radius 3 is 2.82 bits per heavy atom. The van der Waals surface area contributed by atoms with Crippen molar-refractivity contribution in [1.29, 1.82) is 0 Å². The van der Waals surface area contributed by atoms with E-state index in [2.05, 4.69) is 6.92 Å². The maximum absolute atomic E-state index is 12.8. The number of benzene rings is 2. The molecule has 0 saturated carbocycles. The van der Waals surface area contributed by atoms with Gasteiger partial charge >= 0.3 is 5.97 Å². The normalized spacial score (nSPS) is 16.1. The van der Waals surface area contributed by atoms with Crippen molar-refractivity contribution in [1.82, 2.24) is 0 Å². The van der Waals surface area contributed by atoms with Crippen molar-refractivity contribution in [3.05, 3.63) is 47.0 Å². The molecule has 2 aromatic rings. The van der Waals surface area contributed by atoms with E-state index in [9.17, 15) is 9.59 Å². The number of anilines is 2. The fraction of sp³-hybridized carbons (Fsp3) is 0.300. The largest absolute Gasteiger partial charge is 0.496 e. The Morgan fingerprint density at radius 1 is 1.32 bits per heavy atom. The summed E-state index contributed by atoms with van der Waals surface area (Å²) >= 11 is 7.73. The lowest BCUT2D eigenvalue weighted by atomic mass is 10.2. The Morgan fingerprint density at radius 2 is 2.07 bits per heavy atom. The Kier molecular flexibility index (Phi) is 6.36. The third kappa shape index (κ3) is 4.36. The van der Waals surface area contributed by atoms with E-state index in [-0.39, 0.29) is 28.8 Å². The first-order valence-electron chi connectivity index (χ1n) is 8.77. The van der Waals surface area contributed by atoms with Crippen LogP contribution in [0.15, 0.2) is 41.3 Å². The maximum atomic E-state index is 12.8. The summed E-state index contributed by atoms with van der Waals surface area (Å²) in [6.45, 7) is 2.32. The Hall–Kier alpha value is -2.38. The summed E-state index contributed by atoms with van der Waals surface area (Å²) in [7, 11) is 1.41. The van der Waals surface area contributed by atoms with Crippen molar-refractivity contribution in [3.63, 3.8) is 0 Å². The molecule has 0 aliphatic carbocycles. The lowest BCUT2D eigenvalue weighted by Crippen LogP contribution is -2.35. The fourth-order valence-corrected chi connectivity index (χ4v) is 4.20. The standard InChI is InChI=1S/C20H21ClN2O4S/c1-12-7-8-23(16-5-3-4-6-18(16)28-12)19(24)11-27-20(25)13-9-14(21)15(22)10-17(13)26-2/h3-6,9-10,12H,7-8,11,22H2,1-2H3/t12-/m1/s1. The molecule has 1 amide bonds. The average molecular weight is 421 g/mol. The van der Waals surface area contributed by atoms with Gasteiger partial charge in [-0.2, -0.15) is 0 Å². The number of nitrogen functional groups attached to an aromatic ring is 1. The number of ether oxygens (including phenoxy) is 2. The van der Waals surface area contributed by atoms with Gasteiger partial charge in [-0.15, -0.1) is 11.8 Å². The number of halogens is 1. The number of fused-ring (bicyclic) bond motifs is 1. The van der Waals surface area contributed by atoms with Crippen molar-refractivity contribution in [3.8, 4) is 5.75 Å². The first-order valence-corrected chi connectivity index (χ1v) is 10.0. The molecule has 6 nitrogen and oxygen atoms in total. The van der Waals surface area contributed by atoms with Gasteiger partial charge < -0.3 is 20.1 Å². The number of esters is 1. The van der Waals surface area contributed by atoms with Crippen LogP contribution in [0.2, 0.25) is 5.02 Å². The van der Waals surface area contributed by atoms with Gasteiger partial charge in [-0.1, -0.05) is 30.7 Å². The summed E-state index contributed by atoms with van der Waals surface area (Å²) in [5.41, 5.74) is 6.98. The van der Waals surface area contributed by atoms with Crippen LogP contribution in [0.1, 0.15) is 23.7 Å². The summed E-state index contributed by atoms with van der Waals surface area (Å²) in [5, 5.41) is 0.606. The molecule has 0 unspecified atom stereocenters. The number of methoxy groups -OCH3 is 1. The van der Waals surface area contributed by atoms with Gasteiger partial charge in [0.25, 0.3) is 5.91 Å². The van der Waals surface area contributed by atoms with Crippen LogP contribution in [0.25, 0.3) is 0 Å². The van der Waals surface area contributed by atoms with Crippen LogP contribution in [0.3, 0.4) is 0 Å². The van der Waals surface area contributed by atoms with Gasteiger partial charge in [-0.25, -0.2) is 4.79 Å². The monoisotopic (exact) mass is 420 g/mol. The summed E-state index contributed by atoms with van der Waals surface area (Å²) in [6, 6.07) is 10.6. The van der Waals surface area contributed by atoms with Crippen molar-refractivity contribution >= 4 is 46.6 Å². The molecule has 1 atom stereocenters. The second-order valence-electron chi connectivity index (χ2n) is 6.38. The molecule has 2 aromatic carbocycles. The van der Waals surface area contributed by atoms with Gasteiger partial charge in [0, 0.05) is 22.8 Å². The Bertz CT molecular complexity index is 906. The van der Waals surface area contributed by atoms with Crippen molar-refractivity contribution in [2.45, 2.75) is 23.5 Å². The van der Waals surface area contributed by atoms with Crippen LogP contribution in [-0.4, -0.2) is 37.4 Å². The number of para-hydroxylation sites is 1. The maximum Gasteiger partial charge on any atom is 0.342 e. The molecule has 0 fully saturated rings. The molecule has 1 heterocycles. The number of nitrogens with two attached hydrogens (primary N) is 1. The Balaban J connectivity index is 1.74. The zero-order chi connectivity index (χ0) is 20.3. The minimum absolute atomic E-state index is 0.120. The Labute approximate surface area is 172 Å². The van der Waals surface area contributed by atoms with Crippen LogP contribution in [0.4, 0.5) is 11.4 Å². The first-order chi connectivity index (χ1) is 13.4. The van der Waals surface area contributed by atoms with Gasteiger partial charge in [-0.3, -0.25) is 4.79 Å². The summed E-state index contributed by atoms with van der Waals surface area (Å²) in [6.07, 6.45) is 0.848. The number of amides is 1. The third-order valence-electron chi connectivity index (χ3n) is 4.41. The van der Waals surface area contributed by atoms with Gasteiger partial charge in [0.1, 0.15) is 11.3 Å². The molecular weight excluding hydrogens is 400 g/mol. The summed E-state index contributed by atoms with van der Waals surface area (Å²) < 4.78 is 10.4. The van der Waals surface area contributed by atoms with E-state index in [0.717, 1.165) is 17.0 Å². The lowest BCUT2D eigenvalue weighted by molar-refractivity contribution is -0.121. The molecule has 2 N–H and O–H groups in total. The zero-order valence-electron chi connectivity index (χ0n) is 15.6. The smallest absolute Gasteiger partial charge is 0.342 e. The van der Waals surface area contributed by atoms with Gasteiger partial charge in [-0.05, 0) is 24.6 Å². The van der Waals surface area contributed by atoms with E-state index >= 15 is 0 Å². The molecule has 1 aliphatic rings. The molecule has 148 valence electrons. The quantitative estimate of drug-likeness (QED) is 0.594. The number of carbonyl (C=O) groups excluding carboxylic acids is 2. The number of rotatable bonds is 4. The predicted octanol–water partition coefficient (Wildman–Crippen LogP) is 4.01. The van der Waals surface area contributed by atoms with E-state index in [4.69, 9.17) is 26.8 Å². The van der Waals surface area contributed by atoms with E-state index in [1.165, 1.54) is 19.2 Å². The van der Waals surface area contributed by atoms with Crippen LogP contribution in [-0.2, 0) is 9.53 Å². The molecule has 0 aromatic heterocycles. The van der Waals surface area contributed by atoms with Crippen molar-refractivity contribution in [2.75, 3.05) is 30.9 Å². The van der Waals surface area contributed by atoms with Crippen LogP contribution in [0.5, 0.6) is 5.75 Å². The zero-order valence-corrected chi connectivity index (χ0v) is 17.2. The summed E-state index contributed by atoms with van der Waals surface area (Å²) in [4.78, 5) is 28.0. The molecule has 0 bridgehead atoms. The summed E-state index contributed by atoms with van der Waals surface area (Å²) in [5.74, 6) is -0.737. The predicted molar refractivity (Wildman–Crippen MR) is 111 cm³/mol. The highest BCUT2D eigenvalue weighted by Crippen LogP contribution is 2.37. The molecule has 28 heavy (non-hydrogen) atoms. The number of hydrogen-bond donors (Lipinski definition) is 1. The topological polar surface area (TPSA) is 81.9 Å². The SMILES string of the molecule is COc1cc(N)c(Cl)cc1C(=O)OCC(=O)N1CC[C@@H](C)Sc2ccccc21. The number of nitrogens with zero attached hydrogens (tertiary/aromatic N) is 1.